The Balaban J connectivity index is 1.52. The molecule has 2 fully saturated rings. The first-order valence-corrected chi connectivity index (χ1v) is 9.69. The lowest BCUT2D eigenvalue weighted by Gasteiger charge is -2.23. The van der Waals surface area contributed by atoms with Crippen LogP contribution in [0.4, 0.5) is 10.5 Å². The number of hydrogen-bond donors (Lipinski definition) is 2. The van der Waals surface area contributed by atoms with Gasteiger partial charge in [-0.15, -0.1) is 0 Å². The number of rotatable bonds is 3. The minimum absolute atomic E-state index is 0.0973. The Morgan fingerprint density at radius 2 is 1.44 bits per heavy atom. The van der Waals surface area contributed by atoms with E-state index < -0.39 is 0 Å². The number of carbonyl (C=O) groups is 2. The quantitative estimate of drug-likeness (QED) is 0.866. The molecule has 0 unspecified atom stereocenters. The van der Waals surface area contributed by atoms with E-state index in [9.17, 15) is 9.59 Å². The Labute approximate surface area is 150 Å². The van der Waals surface area contributed by atoms with Crippen molar-refractivity contribution in [3.05, 3.63) is 29.8 Å². The summed E-state index contributed by atoms with van der Waals surface area (Å²) in [6.07, 6.45) is 10.4. The molecule has 0 radical (unpaired) electrons. The lowest BCUT2D eigenvalue weighted by Crippen LogP contribution is -2.39. The standard InChI is InChI=1S/C20H29N3O2/c24-19(23-14-6-1-2-7-15-23)16-10-12-18(13-11-16)22-20(25)21-17-8-4-3-5-9-17/h10-13,17H,1-9,14-15H2,(H2,21,22,25). The first kappa shape index (κ1) is 17.8. The van der Waals surface area contributed by atoms with Gasteiger partial charge in [-0.3, -0.25) is 4.79 Å². The molecule has 3 rings (SSSR count). The second kappa shape index (κ2) is 8.88. The maximum Gasteiger partial charge on any atom is 0.319 e. The maximum absolute atomic E-state index is 12.6. The van der Waals surface area contributed by atoms with Gasteiger partial charge in [-0.2, -0.15) is 0 Å². The zero-order valence-electron chi connectivity index (χ0n) is 14.9. The van der Waals surface area contributed by atoms with Crippen LogP contribution in [-0.4, -0.2) is 36.0 Å². The van der Waals surface area contributed by atoms with Crippen LogP contribution < -0.4 is 10.6 Å². The highest BCUT2D eigenvalue weighted by Gasteiger charge is 2.18. The summed E-state index contributed by atoms with van der Waals surface area (Å²) in [6, 6.07) is 7.38. The zero-order valence-corrected chi connectivity index (χ0v) is 14.9. The van der Waals surface area contributed by atoms with E-state index in [1.165, 1.54) is 32.1 Å². The predicted molar refractivity (Wildman–Crippen MR) is 99.8 cm³/mol. The number of carbonyl (C=O) groups excluding carboxylic acids is 2. The molecule has 2 N–H and O–H groups in total. The second-order valence-electron chi connectivity index (χ2n) is 7.22. The molecule has 1 aliphatic carbocycles. The Hall–Kier alpha value is -2.04. The maximum atomic E-state index is 12.6. The van der Waals surface area contributed by atoms with Crippen LogP contribution in [0.2, 0.25) is 0 Å². The smallest absolute Gasteiger partial charge is 0.319 e. The number of anilines is 1. The average molecular weight is 343 g/mol. The van der Waals surface area contributed by atoms with E-state index in [0.29, 0.717) is 5.56 Å². The highest BCUT2D eigenvalue weighted by Crippen LogP contribution is 2.18. The largest absolute Gasteiger partial charge is 0.339 e. The van der Waals surface area contributed by atoms with Crippen molar-refractivity contribution < 1.29 is 9.59 Å². The molecular formula is C20H29N3O2. The molecule has 0 atom stereocenters. The highest BCUT2D eigenvalue weighted by atomic mass is 16.2. The van der Waals surface area contributed by atoms with E-state index in [2.05, 4.69) is 10.6 Å². The van der Waals surface area contributed by atoms with Crippen molar-refractivity contribution >= 4 is 17.6 Å². The van der Waals surface area contributed by atoms with Gasteiger partial charge in [0.05, 0.1) is 0 Å². The van der Waals surface area contributed by atoms with Gasteiger partial charge < -0.3 is 15.5 Å². The van der Waals surface area contributed by atoms with Gasteiger partial charge >= 0.3 is 6.03 Å². The van der Waals surface area contributed by atoms with Crippen LogP contribution in [0.3, 0.4) is 0 Å². The summed E-state index contributed by atoms with van der Waals surface area (Å²) < 4.78 is 0. The lowest BCUT2D eigenvalue weighted by molar-refractivity contribution is 0.0761. The molecule has 1 saturated carbocycles. The second-order valence-corrected chi connectivity index (χ2v) is 7.22. The van der Waals surface area contributed by atoms with E-state index >= 15 is 0 Å². The van der Waals surface area contributed by atoms with Gasteiger partial charge in [-0.1, -0.05) is 32.1 Å². The molecule has 1 heterocycles. The molecule has 1 aromatic carbocycles. The van der Waals surface area contributed by atoms with Gasteiger partial charge in [0.2, 0.25) is 0 Å². The molecular weight excluding hydrogens is 314 g/mol. The van der Waals surface area contributed by atoms with Gasteiger partial charge in [0, 0.05) is 30.4 Å². The first-order chi connectivity index (χ1) is 12.2. The Morgan fingerprint density at radius 1 is 0.840 bits per heavy atom. The fraction of sp³-hybridized carbons (Fsp3) is 0.600. The molecule has 1 aliphatic heterocycles. The fourth-order valence-electron chi connectivity index (χ4n) is 3.75. The minimum atomic E-state index is -0.154. The van der Waals surface area contributed by atoms with E-state index in [-0.39, 0.29) is 18.0 Å². The Morgan fingerprint density at radius 3 is 2.08 bits per heavy atom. The summed E-state index contributed by atoms with van der Waals surface area (Å²) in [6.45, 7) is 1.70. The molecule has 1 saturated heterocycles. The van der Waals surface area contributed by atoms with Gasteiger partial charge in [-0.25, -0.2) is 4.79 Å². The monoisotopic (exact) mass is 343 g/mol. The van der Waals surface area contributed by atoms with Crippen LogP contribution in [-0.2, 0) is 0 Å². The van der Waals surface area contributed by atoms with Crippen molar-refractivity contribution in [1.29, 1.82) is 0 Å². The molecule has 136 valence electrons. The van der Waals surface area contributed by atoms with Crippen LogP contribution in [0.15, 0.2) is 24.3 Å². The van der Waals surface area contributed by atoms with E-state index in [1.807, 2.05) is 29.2 Å². The van der Waals surface area contributed by atoms with E-state index in [1.54, 1.807) is 0 Å². The van der Waals surface area contributed by atoms with Gasteiger partial charge in [0.25, 0.3) is 5.91 Å². The average Bonchev–Trinajstić information content (AvgIpc) is 2.92. The summed E-state index contributed by atoms with van der Waals surface area (Å²) in [5, 5.41) is 5.91. The van der Waals surface area contributed by atoms with Crippen LogP contribution in [0.1, 0.15) is 68.1 Å². The molecule has 25 heavy (non-hydrogen) atoms. The molecule has 0 aromatic heterocycles. The van der Waals surface area contributed by atoms with Crippen molar-refractivity contribution in [3.63, 3.8) is 0 Å². The van der Waals surface area contributed by atoms with Crippen LogP contribution in [0, 0.1) is 0 Å². The van der Waals surface area contributed by atoms with Gasteiger partial charge in [0.1, 0.15) is 0 Å². The summed E-state index contributed by atoms with van der Waals surface area (Å²) in [5.74, 6) is 0.0973. The van der Waals surface area contributed by atoms with E-state index in [4.69, 9.17) is 0 Å². The third kappa shape index (κ3) is 5.21. The van der Waals surface area contributed by atoms with Crippen LogP contribution >= 0.6 is 0 Å². The molecule has 5 heteroatoms. The SMILES string of the molecule is O=C(Nc1ccc(C(=O)N2CCCCCC2)cc1)NC1CCCCC1. The minimum Gasteiger partial charge on any atom is -0.339 e. The normalized spacial score (nSPS) is 19.1. The Kier molecular flexibility index (Phi) is 6.31. The summed E-state index contributed by atoms with van der Waals surface area (Å²) in [4.78, 5) is 26.6. The number of nitrogens with one attached hydrogen (secondary N) is 2. The van der Waals surface area contributed by atoms with Crippen molar-refractivity contribution in [1.82, 2.24) is 10.2 Å². The van der Waals surface area contributed by atoms with Crippen LogP contribution in [0.5, 0.6) is 0 Å². The Bertz CT molecular complexity index is 571. The van der Waals surface area contributed by atoms with Crippen molar-refractivity contribution in [3.8, 4) is 0 Å². The number of hydrogen-bond acceptors (Lipinski definition) is 2. The molecule has 0 bridgehead atoms. The third-order valence-electron chi connectivity index (χ3n) is 5.22. The summed E-state index contributed by atoms with van der Waals surface area (Å²) in [7, 11) is 0. The summed E-state index contributed by atoms with van der Waals surface area (Å²) in [5.41, 5.74) is 1.42. The van der Waals surface area contributed by atoms with Crippen molar-refractivity contribution in [2.45, 2.75) is 63.8 Å². The predicted octanol–water partition coefficient (Wildman–Crippen LogP) is 4.16. The number of likely N-dealkylation sites (tertiary alicyclic amines) is 1. The highest BCUT2D eigenvalue weighted by molar-refractivity contribution is 5.95. The number of nitrogens with zero attached hydrogens (tertiary/aromatic N) is 1. The number of benzene rings is 1. The topological polar surface area (TPSA) is 61.4 Å². The number of amides is 3. The van der Waals surface area contributed by atoms with E-state index in [0.717, 1.165) is 44.5 Å². The molecule has 1 aromatic rings. The van der Waals surface area contributed by atoms with Gasteiger partial charge in [-0.05, 0) is 49.9 Å². The lowest BCUT2D eigenvalue weighted by atomic mass is 9.96. The summed E-state index contributed by atoms with van der Waals surface area (Å²) >= 11 is 0. The molecule has 5 nitrogen and oxygen atoms in total. The zero-order chi connectivity index (χ0) is 17.5. The molecule has 3 amide bonds. The first-order valence-electron chi connectivity index (χ1n) is 9.69. The third-order valence-corrected chi connectivity index (χ3v) is 5.22. The molecule has 0 spiro atoms. The van der Waals surface area contributed by atoms with Gasteiger partial charge in [0.15, 0.2) is 0 Å². The fourth-order valence-corrected chi connectivity index (χ4v) is 3.75. The van der Waals surface area contributed by atoms with Crippen molar-refractivity contribution in [2.75, 3.05) is 18.4 Å². The number of urea groups is 1. The molecule has 2 aliphatic rings. The van der Waals surface area contributed by atoms with Crippen molar-refractivity contribution in [2.24, 2.45) is 0 Å². The van der Waals surface area contributed by atoms with Crippen LogP contribution in [0.25, 0.3) is 0 Å².